The van der Waals surface area contributed by atoms with Gasteiger partial charge in [-0.3, -0.25) is 4.99 Å². The molecular formula is C51H36N2O. The second kappa shape index (κ2) is 12.6. The number of rotatable bonds is 6. The van der Waals surface area contributed by atoms with E-state index in [1.165, 1.54) is 43.4 Å². The van der Waals surface area contributed by atoms with Crippen LogP contribution in [0.4, 0.5) is 0 Å². The molecule has 8 aromatic carbocycles. The van der Waals surface area contributed by atoms with Gasteiger partial charge in [0.1, 0.15) is 11.2 Å². The molecule has 0 bridgehead atoms. The predicted octanol–water partition coefficient (Wildman–Crippen LogP) is 13.9. The van der Waals surface area contributed by atoms with Crippen LogP contribution in [0.25, 0.3) is 82.2 Å². The number of aromatic nitrogens is 1. The number of allylic oxidation sites excluding steroid dienone is 2. The third-order valence-electron chi connectivity index (χ3n) is 10.9. The summed E-state index contributed by atoms with van der Waals surface area (Å²) in [5, 5.41) is 9.70. The fraction of sp³-hybridized carbons (Fsp3) is 0.0392. The van der Waals surface area contributed by atoms with Crippen LogP contribution in [0.5, 0.6) is 0 Å². The van der Waals surface area contributed by atoms with Crippen molar-refractivity contribution in [3.05, 3.63) is 199 Å². The van der Waals surface area contributed by atoms with Gasteiger partial charge in [-0.1, -0.05) is 128 Å². The van der Waals surface area contributed by atoms with Crippen molar-refractivity contribution in [1.82, 2.24) is 4.57 Å². The molecular weight excluding hydrogens is 657 g/mol. The fourth-order valence-corrected chi connectivity index (χ4v) is 8.17. The van der Waals surface area contributed by atoms with Crippen LogP contribution in [-0.4, -0.2) is 10.3 Å². The second-order valence-corrected chi connectivity index (χ2v) is 14.1. The van der Waals surface area contributed by atoms with Crippen LogP contribution in [0.3, 0.4) is 0 Å². The van der Waals surface area contributed by atoms with Crippen LogP contribution in [0.2, 0.25) is 0 Å². The lowest BCUT2D eigenvalue weighted by molar-refractivity contribution is 0.669. The number of para-hydroxylation sites is 1. The number of benzene rings is 8. The quantitative estimate of drug-likeness (QED) is 0.126. The van der Waals surface area contributed by atoms with Gasteiger partial charge < -0.3 is 8.98 Å². The van der Waals surface area contributed by atoms with Crippen molar-refractivity contribution < 1.29 is 4.42 Å². The Morgan fingerprint density at radius 3 is 1.80 bits per heavy atom. The van der Waals surface area contributed by atoms with E-state index in [2.05, 4.69) is 170 Å². The lowest BCUT2D eigenvalue weighted by Gasteiger charge is -2.15. The van der Waals surface area contributed by atoms with E-state index in [0.717, 1.165) is 66.9 Å². The van der Waals surface area contributed by atoms with Crippen molar-refractivity contribution in [2.45, 2.75) is 13.8 Å². The molecule has 0 radical (unpaired) electrons. The van der Waals surface area contributed by atoms with Crippen molar-refractivity contribution in [2.24, 2.45) is 4.99 Å². The summed E-state index contributed by atoms with van der Waals surface area (Å²) in [5.74, 6) is 0. The number of hydrogen-bond acceptors (Lipinski definition) is 2. The Kier molecular flexibility index (Phi) is 7.41. The molecule has 0 unspecified atom stereocenters. The smallest absolute Gasteiger partial charge is 0.135 e. The number of nitrogens with zero attached hydrogens (tertiary/aromatic N) is 2. The molecule has 10 rings (SSSR count). The molecule has 54 heavy (non-hydrogen) atoms. The summed E-state index contributed by atoms with van der Waals surface area (Å²) in [4.78, 5) is 5.35. The van der Waals surface area contributed by atoms with Crippen molar-refractivity contribution in [1.29, 1.82) is 0 Å². The summed E-state index contributed by atoms with van der Waals surface area (Å²) >= 11 is 0. The normalized spacial score (nSPS) is 12.7. The van der Waals surface area contributed by atoms with E-state index < -0.39 is 0 Å². The summed E-state index contributed by atoms with van der Waals surface area (Å²) in [5.41, 5.74) is 12.1. The molecule has 0 atom stereocenters. The highest BCUT2D eigenvalue weighted by molar-refractivity contribution is 6.28. The van der Waals surface area contributed by atoms with Crippen molar-refractivity contribution in [3.63, 3.8) is 0 Å². The summed E-state index contributed by atoms with van der Waals surface area (Å²) in [7, 11) is 0. The molecule has 0 spiro atoms. The van der Waals surface area contributed by atoms with Crippen molar-refractivity contribution in [3.8, 4) is 5.69 Å². The average Bonchev–Trinajstić information content (AvgIpc) is 3.78. The minimum absolute atomic E-state index is 0.860. The molecule has 10 aromatic rings. The maximum absolute atomic E-state index is 6.20. The monoisotopic (exact) mass is 692 g/mol. The largest absolute Gasteiger partial charge is 0.456 e. The average molecular weight is 693 g/mol. The Morgan fingerprint density at radius 2 is 1.09 bits per heavy atom. The van der Waals surface area contributed by atoms with E-state index in [-0.39, 0.29) is 0 Å². The minimum atomic E-state index is 0.860. The summed E-state index contributed by atoms with van der Waals surface area (Å²) < 4.78 is 8.61. The SMILES string of the molecule is C=C(/C(C)=C(\N=C(C)c1ccccc1)c1ccc2oc3ccccc3c2c1)c1cccc(-n2c3ccc4ccccc4c3c3c4ccccc4ccc32)c1. The van der Waals surface area contributed by atoms with Gasteiger partial charge in [-0.25, -0.2) is 0 Å². The molecule has 0 aliphatic carbocycles. The van der Waals surface area contributed by atoms with Gasteiger partial charge in [0.25, 0.3) is 0 Å². The Labute approximate surface area is 313 Å². The molecule has 0 N–H and O–H groups in total. The third-order valence-corrected chi connectivity index (χ3v) is 10.9. The van der Waals surface area contributed by atoms with E-state index in [1.807, 2.05) is 18.2 Å². The Bertz CT molecular complexity index is 3100. The van der Waals surface area contributed by atoms with E-state index in [9.17, 15) is 0 Å². The van der Waals surface area contributed by atoms with Gasteiger partial charge in [0, 0.05) is 38.5 Å². The molecule has 0 aliphatic heterocycles. The number of furan rings is 1. The van der Waals surface area contributed by atoms with E-state index in [0.29, 0.717) is 0 Å². The molecule has 3 heteroatoms. The Balaban J connectivity index is 1.17. The van der Waals surface area contributed by atoms with Gasteiger partial charge >= 0.3 is 0 Å². The van der Waals surface area contributed by atoms with Gasteiger partial charge in [-0.2, -0.15) is 0 Å². The van der Waals surface area contributed by atoms with Crippen molar-refractivity contribution >= 4 is 82.3 Å². The van der Waals surface area contributed by atoms with Crippen LogP contribution in [-0.2, 0) is 0 Å². The van der Waals surface area contributed by atoms with Gasteiger partial charge in [-0.15, -0.1) is 0 Å². The molecule has 0 saturated carbocycles. The van der Waals surface area contributed by atoms with E-state index in [1.54, 1.807) is 0 Å². The molecule has 2 heterocycles. The van der Waals surface area contributed by atoms with Crippen LogP contribution in [0, 0.1) is 0 Å². The Morgan fingerprint density at radius 1 is 0.500 bits per heavy atom. The predicted molar refractivity (Wildman–Crippen MR) is 230 cm³/mol. The van der Waals surface area contributed by atoms with Crippen LogP contribution >= 0.6 is 0 Å². The first kappa shape index (κ1) is 31.7. The Hall–Kier alpha value is -6.97. The highest BCUT2D eigenvalue weighted by atomic mass is 16.3. The summed E-state index contributed by atoms with van der Waals surface area (Å²) in [6, 6.07) is 60.2. The molecule has 0 saturated heterocycles. The third kappa shape index (κ3) is 5.08. The van der Waals surface area contributed by atoms with Crippen molar-refractivity contribution in [2.75, 3.05) is 0 Å². The maximum atomic E-state index is 6.20. The molecule has 256 valence electrons. The number of hydrogen-bond donors (Lipinski definition) is 0. The molecule has 0 fully saturated rings. The van der Waals surface area contributed by atoms with E-state index in [4.69, 9.17) is 16.0 Å². The molecule has 0 amide bonds. The number of aliphatic imine (C=N–C) groups is 1. The first-order valence-electron chi connectivity index (χ1n) is 18.4. The maximum Gasteiger partial charge on any atom is 0.135 e. The van der Waals surface area contributed by atoms with Gasteiger partial charge in [0.15, 0.2) is 0 Å². The molecule has 0 aliphatic rings. The zero-order valence-corrected chi connectivity index (χ0v) is 30.2. The van der Waals surface area contributed by atoms with Crippen LogP contribution in [0.15, 0.2) is 191 Å². The number of fused-ring (bicyclic) bond motifs is 10. The highest BCUT2D eigenvalue weighted by Crippen LogP contribution is 2.41. The minimum Gasteiger partial charge on any atom is -0.456 e. The fourth-order valence-electron chi connectivity index (χ4n) is 8.17. The zero-order valence-electron chi connectivity index (χ0n) is 30.2. The first-order chi connectivity index (χ1) is 26.5. The first-order valence-corrected chi connectivity index (χ1v) is 18.4. The second-order valence-electron chi connectivity index (χ2n) is 14.1. The molecule has 3 nitrogen and oxygen atoms in total. The lowest BCUT2D eigenvalue weighted by atomic mass is 9.95. The summed E-state index contributed by atoms with van der Waals surface area (Å²) in [6.07, 6.45) is 0. The highest BCUT2D eigenvalue weighted by Gasteiger charge is 2.19. The van der Waals surface area contributed by atoms with Gasteiger partial charge in [0.05, 0.1) is 16.7 Å². The van der Waals surface area contributed by atoms with Gasteiger partial charge in [-0.05, 0) is 106 Å². The lowest BCUT2D eigenvalue weighted by Crippen LogP contribution is -1.99. The van der Waals surface area contributed by atoms with Crippen LogP contribution in [0.1, 0.15) is 30.5 Å². The zero-order chi connectivity index (χ0) is 36.3. The molecule has 2 aromatic heterocycles. The summed E-state index contributed by atoms with van der Waals surface area (Å²) in [6.45, 7) is 8.95. The standard InChI is InChI=1S/C51H36N2O/c1-32(33(2)51(52-34(3)35-14-5-4-6-15-35)39-26-29-48-44(31-39)43-22-11-12-23-47(43)54-48)38-18-13-19-40(30-38)53-45-27-24-36-16-7-9-20-41(36)49(45)50-42-21-10-8-17-37(42)25-28-46(50)53/h4-31H,1H2,2-3H3/b51-33-,52-34?. The topological polar surface area (TPSA) is 30.4 Å². The van der Waals surface area contributed by atoms with E-state index >= 15 is 0 Å². The van der Waals surface area contributed by atoms with Gasteiger partial charge in [0.2, 0.25) is 0 Å². The van der Waals surface area contributed by atoms with Crippen LogP contribution < -0.4 is 0 Å².